The smallest absolute Gasteiger partial charge is 0.293 e. The highest BCUT2D eigenvalue weighted by molar-refractivity contribution is 8.18. The number of para-hydroxylation sites is 1. The molecule has 1 aliphatic heterocycles. The second kappa shape index (κ2) is 9.29. The molecule has 162 valence electrons. The summed E-state index contributed by atoms with van der Waals surface area (Å²) in [6.45, 7) is 0.276. The number of hydrogen-bond donors (Lipinski definition) is 0. The molecule has 0 atom stereocenters. The standard InChI is InChI=1S/C22H15ClN2O6S/c23-14-6-8-17(18(12-14)25(28)29)19-9-7-16(31-19)13-20-21(26)24(22(27)32-20)10-11-30-15-4-2-1-3-5-15/h1-9,12-13H,10-11H2/b20-13-. The number of carbonyl (C=O) groups excluding carboxylic acids is 2. The molecule has 0 N–H and O–H groups in total. The Morgan fingerprint density at radius 3 is 2.66 bits per heavy atom. The molecule has 0 radical (unpaired) electrons. The molecule has 0 spiro atoms. The van der Waals surface area contributed by atoms with Crippen molar-refractivity contribution >= 4 is 46.3 Å². The number of ether oxygens (including phenoxy) is 1. The number of hydrogen-bond acceptors (Lipinski definition) is 7. The second-order valence-electron chi connectivity index (χ2n) is 6.62. The highest BCUT2D eigenvalue weighted by atomic mass is 35.5. The molecule has 2 aromatic carbocycles. The minimum absolute atomic E-state index is 0.108. The molecule has 8 nitrogen and oxygen atoms in total. The van der Waals surface area contributed by atoms with Gasteiger partial charge in [0.2, 0.25) is 0 Å². The summed E-state index contributed by atoms with van der Waals surface area (Å²) in [5.74, 6) is 0.729. The molecule has 1 aromatic heterocycles. The van der Waals surface area contributed by atoms with E-state index in [0.717, 1.165) is 16.7 Å². The first-order chi connectivity index (χ1) is 15.4. The molecule has 2 amide bonds. The molecule has 4 rings (SSSR count). The molecule has 1 aliphatic rings. The van der Waals surface area contributed by atoms with Gasteiger partial charge in [0.05, 0.1) is 21.9 Å². The minimum Gasteiger partial charge on any atom is -0.492 e. The van der Waals surface area contributed by atoms with Crippen molar-refractivity contribution in [3.8, 4) is 17.1 Å². The van der Waals surface area contributed by atoms with Gasteiger partial charge < -0.3 is 9.15 Å². The molecule has 32 heavy (non-hydrogen) atoms. The molecule has 0 saturated carbocycles. The average molecular weight is 471 g/mol. The van der Waals surface area contributed by atoms with Crippen LogP contribution in [-0.4, -0.2) is 34.1 Å². The van der Waals surface area contributed by atoms with Crippen molar-refractivity contribution in [3.05, 3.63) is 86.5 Å². The van der Waals surface area contributed by atoms with Crippen LogP contribution in [0.5, 0.6) is 5.75 Å². The van der Waals surface area contributed by atoms with Gasteiger partial charge in [-0.25, -0.2) is 0 Å². The molecule has 0 aliphatic carbocycles. The molecule has 1 fully saturated rings. The van der Waals surface area contributed by atoms with Crippen LogP contribution in [0.1, 0.15) is 5.76 Å². The van der Waals surface area contributed by atoms with Crippen molar-refractivity contribution in [1.29, 1.82) is 0 Å². The summed E-state index contributed by atoms with van der Waals surface area (Å²) in [6.07, 6.45) is 1.44. The molecular formula is C22H15ClN2O6S. The van der Waals surface area contributed by atoms with E-state index in [9.17, 15) is 19.7 Å². The topological polar surface area (TPSA) is 103 Å². The first kappa shape index (κ1) is 21.7. The monoisotopic (exact) mass is 470 g/mol. The van der Waals surface area contributed by atoms with Crippen LogP contribution in [0.25, 0.3) is 17.4 Å². The number of nitrogens with zero attached hydrogens (tertiary/aromatic N) is 2. The largest absolute Gasteiger partial charge is 0.492 e. The van der Waals surface area contributed by atoms with E-state index in [-0.39, 0.29) is 45.9 Å². The van der Waals surface area contributed by atoms with Crippen LogP contribution in [0.3, 0.4) is 0 Å². The van der Waals surface area contributed by atoms with Crippen molar-refractivity contribution in [2.24, 2.45) is 0 Å². The quantitative estimate of drug-likeness (QED) is 0.250. The number of carbonyl (C=O) groups is 2. The van der Waals surface area contributed by atoms with Crippen LogP contribution in [-0.2, 0) is 4.79 Å². The fourth-order valence-electron chi connectivity index (χ4n) is 3.03. The van der Waals surface area contributed by atoms with E-state index in [2.05, 4.69) is 0 Å². The van der Waals surface area contributed by atoms with Crippen LogP contribution in [0.2, 0.25) is 5.02 Å². The van der Waals surface area contributed by atoms with E-state index in [1.807, 2.05) is 18.2 Å². The van der Waals surface area contributed by atoms with Gasteiger partial charge in [-0.2, -0.15) is 0 Å². The fourth-order valence-corrected chi connectivity index (χ4v) is 4.04. The van der Waals surface area contributed by atoms with Gasteiger partial charge in [-0.05, 0) is 48.2 Å². The summed E-state index contributed by atoms with van der Waals surface area (Å²) in [7, 11) is 0. The Morgan fingerprint density at radius 2 is 1.91 bits per heavy atom. The molecule has 2 heterocycles. The molecular weight excluding hydrogens is 456 g/mol. The third-order valence-electron chi connectivity index (χ3n) is 4.52. The van der Waals surface area contributed by atoms with Crippen molar-refractivity contribution < 1.29 is 23.7 Å². The number of thioether (sulfide) groups is 1. The van der Waals surface area contributed by atoms with Crippen LogP contribution in [0.4, 0.5) is 10.5 Å². The Labute approximate surface area is 191 Å². The minimum atomic E-state index is -0.549. The normalized spacial score (nSPS) is 14.9. The van der Waals surface area contributed by atoms with Gasteiger partial charge in [-0.1, -0.05) is 29.8 Å². The van der Waals surface area contributed by atoms with E-state index < -0.39 is 16.1 Å². The van der Waals surface area contributed by atoms with E-state index in [0.29, 0.717) is 5.75 Å². The average Bonchev–Trinajstić information content (AvgIpc) is 3.34. The van der Waals surface area contributed by atoms with E-state index in [4.69, 9.17) is 20.8 Å². The summed E-state index contributed by atoms with van der Waals surface area (Å²) in [5.41, 5.74) is 0.0577. The predicted octanol–water partition coefficient (Wildman–Crippen LogP) is 5.62. The molecule has 3 aromatic rings. The highest BCUT2D eigenvalue weighted by Gasteiger charge is 2.35. The lowest BCUT2D eigenvalue weighted by atomic mass is 10.1. The predicted molar refractivity (Wildman–Crippen MR) is 120 cm³/mol. The second-order valence-corrected chi connectivity index (χ2v) is 8.05. The van der Waals surface area contributed by atoms with E-state index >= 15 is 0 Å². The summed E-state index contributed by atoms with van der Waals surface area (Å²) in [5, 5.41) is 11.1. The van der Waals surface area contributed by atoms with Crippen LogP contribution in [0, 0.1) is 10.1 Å². The number of amides is 2. The van der Waals surface area contributed by atoms with Crippen molar-refractivity contribution in [2.45, 2.75) is 0 Å². The third kappa shape index (κ3) is 4.68. The van der Waals surface area contributed by atoms with E-state index in [1.54, 1.807) is 24.3 Å². The molecule has 10 heteroatoms. The summed E-state index contributed by atoms with van der Waals surface area (Å²) in [4.78, 5) is 37.0. The number of furan rings is 1. The van der Waals surface area contributed by atoms with Crippen molar-refractivity contribution in [3.63, 3.8) is 0 Å². The number of imide groups is 1. The molecule has 1 saturated heterocycles. The number of nitro groups is 1. The van der Waals surface area contributed by atoms with Gasteiger partial charge in [0.15, 0.2) is 0 Å². The Morgan fingerprint density at radius 1 is 1.12 bits per heavy atom. The SMILES string of the molecule is O=C1S/C(=C\c2ccc(-c3ccc(Cl)cc3[N+](=O)[O-])o2)C(=O)N1CCOc1ccccc1. The van der Waals surface area contributed by atoms with Crippen molar-refractivity contribution in [1.82, 2.24) is 4.90 Å². The van der Waals surface area contributed by atoms with Crippen LogP contribution < -0.4 is 4.74 Å². The lowest BCUT2D eigenvalue weighted by molar-refractivity contribution is -0.384. The van der Waals surface area contributed by atoms with Crippen LogP contribution >= 0.6 is 23.4 Å². The fraction of sp³-hybridized carbons (Fsp3) is 0.0909. The number of benzene rings is 2. The Kier molecular flexibility index (Phi) is 6.29. The first-order valence-corrected chi connectivity index (χ1v) is 10.6. The maximum absolute atomic E-state index is 12.6. The maximum atomic E-state index is 12.6. The zero-order valence-corrected chi connectivity index (χ0v) is 18.0. The lowest BCUT2D eigenvalue weighted by Crippen LogP contribution is -2.32. The number of nitro benzene ring substituents is 1. The Bertz CT molecular complexity index is 1220. The first-order valence-electron chi connectivity index (χ1n) is 9.40. The van der Waals surface area contributed by atoms with Gasteiger partial charge in [0.25, 0.3) is 16.8 Å². The van der Waals surface area contributed by atoms with Gasteiger partial charge in [0, 0.05) is 17.2 Å². The van der Waals surface area contributed by atoms with Gasteiger partial charge >= 0.3 is 0 Å². The highest BCUT2D eigenvalue weighted by Crippen LogP contribution is 2.36. The number of rotatable bonds is 7. The molecule has 0 bridgehead atoms. The van der Waals surface area contributed by atoms with Gasteiger partial charge in [0.1, 0.15) is 23.9 Å². The summed E-state index contributed by atoms with van der Waals surface area (Å²) >= 11 is 6.65. The third-order valence-corrected chi connectivity index (χ3v) is 5.66. The van der Waals surface area contributed by atoms with Crippen LogP contribution in [0.15, 0.2) is 70.0 Å². The van der Waals surface area contributed by atoms with Crippen molar-refractivity contribution in [2.75, 3.05) is 13.2 Å². The van der Waals surface area contributed by atoms with E-state index in [1.165, 1.54) is 24.3 Å². The maximum Gasteiger partial charge on any atom is 0.293 e. The van der Waals surface area contributed by atoms with Gasteiger partial charge in [-0.3, -0.25) is 24.6 Å². The summed E-state index contributed by atoms with van der Waals surface area (Å²) < 4.78 is 11.2. The lowest BCUT2D eigenvalue weighted by Gasteiger charge is -2.13. The zero-order chi connectivity index (χ0) is 22.7. The molecule has 0 unspecified atom stereocenters. The Balaban J connectivity index is 1.47. The Hall–Kier alpha value is -3.56. The zero-order valence-electron chi connectivity index (χ0n) is 16.4. The van der Waals surface area contributed by atoms with Gasteiger partial charge in [-0.15, -0.1) is 0 Å². The summed E-state index contributed by atoms with van der Waals surface area (Å²) in [6, 6.07) is 16.5. The number of halogens is 1.